The van der Waals surface area contributed by atoms with Crippen molar-refractivity contribution in [3.05, 3.63) is 83.9 Å². The summed E-state index contributed by atoms with van der Waals surface area (Å²) in [6.07, 6.45) is 2.39. The number of carbonyl (C=O) groups excluding carboxylic acids is 1. The Morgan fingerprint density at radius 2 is 1.55 bits per heavy atom. The average Bonchev–Trinajstić information content (AvgIpc) is 3.34. The molecule has 4 rings (SSSR count). The van der Waals surface area contributed by atoms with Crippen LogP contribution in [0.2, 0.25) is 0 Å². The second kappa shape index (κ2) is 9.67. The van der Waals surface area contributed by atoms with Crippen molar-refractivity contribution in [1.29, 1.82) is 0 Å². The van der Waals surface area contributed by atoms with Gasteiger partial charge in [-0.2, -0.15) is 0 Å². The van der Waals surface area contributed by atoms with Gasteiger partial charge in [0.1, 0.15) is 6.54 Å². The maximum absolute atomic E-state index is 13.5. The van der Waals surface area contributed by atoms with E-state index in [9.17, 15) is 13.2 Å². The maximum atomic E-state index is 13.5. The fraction of sp³-hybridized carbons (Fsp3) is 0.269. The van der Waals surface area contributed by atoms with Crippen LogP contribution < -0.4 is 14.5 Å². The van der Waals surface area contributed by atoms with E-state index in [0.717, 1.165) is 29.9 Å². The monoisotopic (exact) mass is 463 g/mol. The van der Waals surface area contributed by atoms with Crippen LogP contribution in [0, 0.1) is 13.8 Å². The zero-order valence-electron chi connectivity index (χ0n) is 19.0. The molecule has 1 fully saturated rings. The molecule has 1 aliphatic heterocycles. The molecule has 1 N–H and O–H groups in total. The summed E-state index contributed by atoms with van der Waals surface area (Å²) < 4.78 is 28.2. The van der Waals surface area contributed by atoms with Crippen LogP contribution in [-0.4, -0.2) is 34.0 Å². The largest absolute Gasteiger partial charge is 0.372 e. The van der Waals surface area contributed by atoms with Crippen LogP contribution in [0.5, 0.6) is 0 Å². The molecular weight excluding hydrogens is 434 g/mol. The third-order valence-corrected chi connectivity index (χ3v) is 7.68. The van der Waals surface area contributed by atoms with Gasteiger partial charge in [-0.3, -0.25) is 9.10 Å². The smallest absolute Gasteiger partial charge is 0.264 e. The number of para-hydroxylation sites is 1. The molecule has 0 radical (unpaired) electrons. The number of amides is 1. The van der Waals surface area contributed by atoms with Gasteiger partial charge in [-0.1, -0.05) is 35.9 Å². The Hall–Kier alpha value is -3.32. The van der Waals surface area contributed by atoms with Crippen LogP contribution in [0.1, 0.15) is 24.0 Å². The van der Waals surface area contributed by atoms with Gasteiger partial charge in [0.2, 0.25) is 5.91 Å². The Kier molecular flexibility index (Phi) is 6.70. The molecule has 0 bridgehead atoms. The predicted octanol–water partition coefficient (Wildman–Crippen LogP) is 4.74. The van der Waals surface area contributed by atoms with Crippen molar-refractivity contribution >= 4 is 33.0 Å². The molecule has 0 aliphatic carbocycles. The Morgan fingerprint density at radius 3 is 2.18 bits per heavy atom. The highest BCUT2D eigenvalue weighted by molar-refractivity contribution is 7.92. The number of nitrogens with one attached hydrogen (secondary N) is 1. The highest BCUT2D eigenvalue weighted by Crippen LogP contribution is 2.27. The molecule has 0 spiro atoms. The molecule has 1 aliphatic rings. The summed E-state index contributed by atoms with van der Waals surface area (Å²) in [5.74, 6) is -0.400. The number of benzene rings is 3. The lowest BCUT2D eigenvalue weighted by Gasteiger charge is -2.25. The molecule has 0 unspecified atom stereocenters. The molecule has 3 aromatic rings. The Labute approximate surface area is 195 Å². The third kappa shape index (κ3) is 5.20. The number of hydrogen-bond acceptors (Lipinski definition) is 4. The summed E-state index contributed by atoms with van der Waals surface area (Å²) in [4.78, 5) is 15.4. The molecule has 3 aromatic carbocycles. The van der Waals surface area contributed by atoms with E-state index in [1.807, 2.05) is 50.2 Å². The first-order chi connectivity index (χ1) is 15.8. The van der Waals surface area contributed by atoms with Gasteiger partial charge in [0.25, 0.3) is 10.0 Å². The summed E-state index contributed by atoms with van der Waals surface area (Å²) in [5, 5.41) is 2.85. The van der Waals surface area contributed by atoms with Crippen molar-refractivity contribution in [3.8, 4) is 0 Å². The van der Waals surface area contributed by atoms with Crippen molar-refractivity contribution in [2.45, 2.75) is 31.6 Å². The van der Waals surface area contributed by atoms with Crippen LogP contribution >= 0.6 is 0 Å². The lowest BCUT2D eigenvalue weighted by molar-refractivity contribution is -0.114. The summed E-state index contributed by atoms with van der Waals surface area (Å²) in [7, 11) is -3.93. The number of anilines is 3. The predicted molar refractivity (Wildman–Crippen MR) is 133 cm³/mol. The van der Waals surface area contributed by atoms with Crippen LogP contribution in [-0.2, 0) is 14.8 Å². The van der Waals surface area contributed by atoms with Gasteiger partial charge in [0, 0.05) is 24.5 Å². The summed E-state index contributed by atoms with van der Waals surface area (Å²) in [6, 6.07) is 21.5. The first-order valence-corrected chi connectivity index (χ1v) is 12.6. The number of sulfonamides is 1. The molecule has 0 aromatic heterocycles. The minimum atomic E-state index is -3.93. The summed E-state index contributed by atoms with van der Waals surface area (Å²) in [6.45, 7) is 5.51. The molecule has 1 heterocycles. The van der Waals surface area contributed by atoms with Crippen molar-refractivity contribution in [2.24, 2.45) is 0 Å². The second-order valence-electron chi connectivity index (χ2n) is 8.40. The van der Waals surface area contributed by atoms with E-state index in [0.29, 0.717) is 11.4 Å². The number of hydrogen-bond donors (Lipinski definition) is 1. The van der Waals surface area contributed by atoms with E-state index in [-0.39, 0.29) is 11.4 Å². The Balaban J connectivity index is 1.57. The highest BCUT2D eigenvalue weighted by Gasteiger charge is 2.28. The zero-order chi connectivity index (χ0) is 23.4. The standard InChI is InChI=1S/C26H29N3O3S/c1-20-9-15-24(16-10-20)33(31,32)29(25-8-4-3-7-21(25)2)19-26(30)27-22-11-13-23(14-12-22)28-17-5-6-18-28/h3-4,7-16H,5-6,17-19H2,1-2H3,(H,27,30). The molecular formula is C26H29N3O3S. The number of aryl methyl sites for hydroxylation is 2. The second-order valence-corrected chi connectivity index (χ2v) is 10.3. The lowest BCUT2D eigenvalue weighted by atomic mass is 10.2. The first-order valence-electron chi connectivity index (χ1n) is 11.1. The lowest BCUT2D eigenvalue weighted by Crippen LogP contribution is -2.38. The molecule has 1 saturated heterocycles. The maximum Gasteiger partial charge on any atom is 0.264 e. The topological polar surface area (TPSA) is 69.7 Å². The van der Waals surface area contributed by atoms with Crippen molar-refractivity contribution in [3.63, 3.8) is 0 Å². The van der Waals surface area contributed by atoms with Crippen LogP contribution in [0.15, 0.2) is 77.7 Å². The van der Waals surface area contributed by atoms with Gasteiger partial charge >= 0.3 is 0 Å². The minimum Gasteiger partial charge on any atom is -0.372 e. The zero-order valence-corrected chi connectivity index (χ0v) is 19.8. The molecule has 0 atom stereocenters. The van der Waals surface area contributed by atoms with Gasteiger partial charge in [-0.15, -0.1) is 0 Å². The number of nitrogens with zero attached hydrogens (tertiary/aromatic N) is 2. The van der Waals surface area contributed by atoms with Gasteiger partial charge in [0.05, 0.1) is 10.6 Å². The van der Waals surface area contributed by atoms with E-state index in [2.05, 4.69) is 10.2 Å². The number of carbonyl (C=O) groups is 1. The Morgan fingerprint density at radius 1 is 0.909 bits per heavy atom. The van der Waals surface area contributed by atoms with E-state index < -0.39 is 15.9 Å². The fourth-order valence-corrected chi connectivity index (χ4v) is 5.53. The van der Waals surface area contributed by atoms with E-state index >= 15 is 0 Å². The first kappa shape index (κ1) is 22.9. The third-order valence-electron chi connectivity index (χ3n) is 5.90. The molecule has 172 valence electrons. The van der Waals surface area contributed by atoms with Crippen molar-refractivity contribution in [1.82, 2.24) is 0 Å². The van der Waals surface area contributed by atoms with E-state index in [1.165, 1.54) is 17.1 Å². The minimum absolute atomic E-state index is 0.152. The van der Waals surface area contributed by atoms with E-state index in [1.54, 1.807) is 36.4 Å². The van der Waals surface area contributed by atoms with E-state index in [4.69, 9.17) is 0 Å². The van der Waals surface area contributed by atoms with Crippen LogP contribution in [0.4, 0.5) is 17.1 Å². The SMILES string of the molecule is Cc1ccc(S(=O)(=O)N(CC(=O)Nc2ccc(N3CCCC3)cc2)c2ccccc2C)cc1. The average molecular weight is 464 g/mol. The van der Waals surface area contributed by atoms with Gasteiger partial charge in [0.15, 0.2) is 0 Å². The molecule has 6 nitrogen and oxygen atoms in total. The van der Waals surface area contributed by atoms with Crippen LogP contribution in [0.3, 0.4) is 0 Å². The molecule has 33 heavy (non-hydrogen) atoms. The fourth-order valence-electron chi connectivity index (χ4n) is 4.04. The van der Waals surface area contributed by atoms with Gasteiger partial charge in [-0.05, 0) is 74.7 Å². The number of rotatable bonds is 7. The molecule has 7 heteroatoms. The normalized spacial score (nSPS) is 13.7. The Bertz CT molecular complexity index is 1220. The molecule has 0 saturated carbocycles. The van der Waals surface area contributed by atoms with Gasteiger partial charge < -0.3 is 10.2 Å². The summed E-state index contributed by atoms with van der Waals surface area (Å²) >= 11 is 0. The molecule has 1 amide bonds. The van der Waals surface area contributed by atoms with Crippen LogP contribution in [0.25, 0.3) is 0 Å². The van der Waals surface area contributed by atoms with Crippen molar-refractivity contribution < 1.29 is 13.2 Å². The summed E-state index contributed by atoms with van der Waals surface area (Å²) in [5.41, 5.74) is 3.99. The van der Waals surface area contributed by atoms with Gasteiger partial charge in [-0.25, -0.2) is 8.42 Å². The quantitative estimate of drug-likeness (QED) is 0.550. The highest BCUT2D eigenvalue weighted by atomic mass is 32.2. The van der Waals surface area contributed by atoms with Crippen molar-refractivity contribution in [2.75, 3.05) is 34.2 Å².